The molecular weight excluding hydrogens is 283 g/mol. The van der Waals surface area contributed by atoms with Gasteiger partial charge in [0.1, 0.15) is 0 Å². The van der Waals surface area contributed by atoms with Gasteiger partial charge < -0.3 is 4.57 Å². The summed E-state index contributed by atoms with van der Waals surface area (Å²) in [6, 6.07) is 9.53. The second-order valence-electron chi connectivity index (χ2n) is 3.72. The van der Waals surface area contributed by atoms with Crippen molar-refractivity contribution in [1.82, 2.24) is 9.55 Å². The molecule has 0 saturated heterocycles. The number of fused-ring (bicyclic) bond motifs is 1. The molecule has 3 rings (SSSR count). The second-order valence-corrected chi connectivity index (χ2v) is 4.63. The van der Waals surface area contributed by atoms with Crippen molar-refractivity contribution in [1.29, 1.82) is 0 Å². The van der Waals surface area contributed by atoms with E-state index in [9.17, 15) is 4.39 Å². The lowest BCUT2D eigenvalue weighted by molar-refractivity contribution is 0.613. The van der Waals surface area contributed by atoms with E-state index in [4.69, 9.17) is 0 Å². The van der Waals surface area contributed by atoms with E-state index < -0.39 is 0 Å². The van der Waals surface area contributed by atoms with Crippen molar-refractivity contribution in [3.05, 3.63) is 59.2 Å². The van der Waals surface area contributed by atoms with E-state index in [1.165, 1.54) is 6.20 Å². The van der Waals surface area contributed by atoms with Crippen LogP contribution in [0.25, 0.3) is 16.6 Å². The van der Waals surface area contributed by atoms with Crippen LogP contribution in [-0.2, 0) is 0 Å². The highest BCUT2D eigenvalue weighted by molar-refractivity contribution is 9.10. The SMILES string of the molecule is Fc1cnccc1-n1ccc2cc(Br)ccc21. The van der Waals surface area contributed by atoms with Gasteiger partial charge in [0.05, 0.1) is 17.4 Å². The quantitative estimate of drug-likeness (QED) is 0.664. The van der Waals surface area contributed by atoms with E-state index in [1.807, 2.05) is 35.0 Å². The number of hydrogen-bond donors (Lipinski definition) is 0. The summed E-state index contributed by atoms with van der Waals surface area (Å²) in [4.78, 5) is 3.75. The molecule has 0 fully saturated rings. The van der Waals surface area contributed by atoms with Crippen LogP contribution in [0.4, 0.5) is 4.39 Å². The smallest absolute Gasteiger partial charge is 0.165 e. The summed E-state index contributed by atoms with van der Waals surface area (Å²) >= 11 is 3.42. The fourth-order valence-electron chi connectivity index (χ4n) is 1.89. The van der Waals surface area contributed by atoms with Gasteiger partial charge in [-0.2, -0.15) is 0 Å². The van der Waals surface area contributed by atoms with Gasteiger partial charge >= 0.3 is 0 Å². The van der Waals surface area contributed by atoms with Crippen molar-refractivity contribution in [2.45, 2.75) is 0 Å². The van der Waals surface area contributed by atoms with Crippen LogP contribution in [0, 0.1) is 5.82 Å². The van der Waals surface area contributed by atoms with E-state index in [1.54, 1.807) is 12.3 Å². The Bertz CT molecular complexity index is 691. The first-order chi connectivity index (χ1) is 8.25. The van der Waals surface area contributed by atoms with Gasteiger partial charge in [0.25, 0.3) is 0 Å². The van der Waals surface area contributed by atoms with Gasteiger partial charge in [0.2, 0.25) is 0 Å². The Balaban J connectivity index is 2.29. The molecule has 0 bridgehead atoms. The zero-order chi connectivity index (χ0) is 11.8. The average Bonchev–Trinajstić information content (AvgIpc) is 2.72. The minimum atomic E-state index is -0.326. The molecule has 0 aliphatic carbocycles. The molecule has 1 aromatic carbocycles. The molecule has 0 amide bonds. The molecule has 0 aliphatic heterocycles. The lowest BCUT2D eigenvalue weighted by Gasteiger charge is -2.06. The summed E-state index contributed by atoms with van der Waals surface area (Å²) in [6.07, 6.45) is 4.67. The second kappa shape index (κ2) is 3.96. The highest BCUT2D eigenvalue weighted by atomic mass is 79.9. The molecule has 0 N–H and O–H groups in total. The van der Waals surface area contributed by atoms with E-state index in [-0.39, 0.29) is 5.82 Å². The van der Waals surface area contributed by atoms with Crippen molar-refractivity contribution < 1.29 is 4.39 Å². The molecule has 0 aliphatic rings. The van der Waals surface area contributed by atoms with E-state index >= 15 is 0 Å². The number of pyridine rings is 1. The van der Waals surface area contributed by atoms with Crippen molar-refractivity contribution in [3.63, 3.8) is 0 Å². The van der Waals surface area contributed by atoms with E-state index in [0.717, 1.165) is 15.4 Å². The highest BCUT2D eigenvalue weighted by Crippen LogP contribution is 2.24. The van der Waals surface area contributed by atoms with Crippen LogP contribution in [0.5, 0.6) is 0 Å². The minimum Gasteiger partial charge on any atom is -0.314 e. The van der Waals surface area contributed by atoms with Crippen LogP contribution in [0.15, 0.2) is 53.4 Å². The molecule has 0 saturated carbocycles. The number of aromatic nitrogens is 2. The first-order valence-corrected chi connectivity index (χ1v) is 5.91. The van der Waals surface area contributed by atoms with Gasteiger partial charge in [-0.05, 0) is 30.3 Å². The Kier molecular flexibility index (Phi) is 2.44. The molecule has 0 radical (unpaired) electrons. The van der Waals surface area contributed by atoms with Gasteiger partial charge in [0, 0.05) is 22.3 Å². The number of nitrogens with zero attached hydrogens (tertiary/aromatic N) is 2. The number of benzene rings is 1. The summed E-state index contributed by atoms with van der Waals surface area (Å²) in [7, 11) is 0. The highest BCUT2D eigenvalue weighted by Gasteiger charge is 2.07. The third kappa shape index (κ3) is 1.74. The lowest BCUT2D eigenvalue weighted by atomic mass is 10.2. The monoisotopic (exact) mass is 290 g/mol. The Hall–Kier alpha value is -1.68. The molecule has 0 atom stereocenters. The lowest BCUT2D eigenvalue weighted by Crippen LogP contribution is -1.96. The third-order valence-electron chi connectivity index (χ3n) is 2.66. The summed E-state index contributed by atoms with van der Waals surface area (Å²) < 4.78 is 16.5. The topological polar surface area (TPSA) is 17.8 Å². The maximum absolute atomic E-state index is 13.7. The third-order valence-corrected chi connectivity index (χ3v) is 3.16. The minimum absolute atomic E-state index is 0.326. The van der Waals surface area contributed by atoms with Crippen molar-refractivity contribution in [2.24, 2.45) is 0 Å². The summed E-state index contributed by atoms with van der Waals surface area (Å²) in [6.45, 7) is 0. The zero-order valence-electron chi connectivity index (χ0n) is 8.77. The Morgan fingerprint density at radius 2 is 2.06 bits per heavy atom. The number of hydrogen-bond acceptors (Lipinski definition) is 1. The molecule has 0 unspecified atom stereocenters. The maximum Gasteiger partial charge on any atom is 0.165 e. The van der Waals surface area contributed by atoms with Gasteiger partial charge in [-0.3, -0.25) is 4.98 Å². The van der Waals surface area contributed by atoms with Gasteiger partial charge in [-0.25, -0.2) is 4.39 Å². The summed E-state index contributed by atoms with van der Waals surface area (Å²) in [5, 5.41) is 1.07. The molecule has 2 heterocycles. The molecule has 2 nitrogen and oxygen atoms in total. The summed E-state index contributed by atoms with van der Waals surface area (Å²) in [5.41, 5.74) is 1.48. The number of halogens is 2. The van der Waals surface area contributed by atoms with Crippen molar-refractivity contribution in [3.8, 4) is 5.69 Å². The van der Waals surface area contributed by atoms with Gasteiger partial charge in [0.15, 0.2) is 5.82 Å². The fraction of sp³-hybridized carbons (Fsp3) is 0. The predicted molar refractivity (Wildman–Crippen MR) is 68.7 cm³/mol. The van der Waals surface area contributed by atoms with Gasteiger partial charge in [-0.1, -0.05) is 15.9 Å². The van der Waals surface area contributed by atoms with Crippen LogP contribution in [0.3, 0.4) is 0 Å². The van der Waals surface area contributed by atoms with Crippen LogP contribution >= 0.6 is 15.9 Å². The molecule has 84 valence electrons. The normalized spacial score (nSPS) is 10.9. The fourth-order valence-corrected chi connectivity index (χ4v) is 2.27. The summed E-state index contributed by atoms with van der Waals surface area (Å²) in [5.74, 6) is -0.326. The molecule has 3 aromatic rings. The predicted octanol–water partition coefficient (Wildman–Crippen LogP) is 3.93. The molecule has 0 spiro atoms. The molecule has 4 heteroatoms. The largest absolute Gasteiger partial charge is 0.314 e. The molecule has 17 heavy (non-hydrogen) atoms. The van der Waals surface area contributed by atoms with Crippen molar-refractivity contribution >= 4 is 26.8 Å². The Morgan fingerprint density at radius 3 is 2.88 bits per heavy atom. The van der Waals surface area contributed by atoms with Crippen LogP contribution in [0.1, 0.15) is 0 Å². The van der Waals surface area contributed by atoms with Crippen LogP contribution in [-0.4, -0.2) is 9.55 Å². The molecule has 2 aromatic heterocycles. The number of rotatable bonds is 1. The zero-order valence-corrected chi connectivity index (χ0v) is 10.4. The maximum atomic E-state index is 13.7. The Labute approximate surface area is 106 Å². The van der Waals surface area contributed by atoms with E-state index in [0.29, 0.717) is 5.69 Å². The average molecular weight is 291 g/mol. The van der Waals surface area contributed by atoms with E-state index in [2.05, 4.69) is 20.9 Å². The first-order valence-electron chi connectivity index (χ1n) is 5.12. The van der Waals surface area contributed by atoms with Crippen LogP contribution < -0.4 is 0 Å². The van der Waals surface area contributed by atoms with Crippen LogP contribution in [0.2, 0.25) is 0 Å². The first kappa shape index (κ1) is 10.5. The van der Waals surface area contributed by atoms with Crippen molar-refractivity contribution in [2.75, 3.05) is 0 Å². The van der Waals surface area contributed by atoms with Gasteiger partial charge in [-0.15, -0.1) is 0 Å². The Morgan fingerprint density at radius 1 is 1.18 bits per heavy atom. The molecular formula is C13H8BrFN2. The standard InChI is InChI=1S/C13H8BrFN2/c14-10-1-2-12-9(7-10)4-6-17(12)13-3-5-16-8-11(13)15/h1-8H.